The molecule has 3 nitrogen and oxygen atoms in total. The molecule has 0 aliphatic rings. The zero-order chi connectivity index (χ0) is 13.1. The maximum Gasteiger partial charge on any atom is 0.102 e. The first-order chi connectivity index (χ1) is 8.63. The maximum absolute atomic E-state index is 8.93. The number of nitriles is 1. The van der Waals surface area contributed by atoms with Gasteiger partial charge in [0.25, 0.3) is 0 Å². The molecule has 0 fully saturated rings. The lowest BCUT2D eigenvalue weighted by atomic mass is 10.1. The molecule has 1 aromatic carbocycles. The molecule has 2 aromatic rings. The van der Waals surface area contributed by atoms with Crippen molar-refractivity contribution in [3.8, 4) is 17.2 Å². The Labute approximate surface area is 111 Å². The molecule has 0 aliphatic carbocycles. The molecule has 0 atom stereocenters. The van der Waals surface area contributed by atoms with Gasteiger partial charge in [0.05, 0.1) is 10.6 Å². The first-order valence-electron chi connectivity index (χ1n) is 5.45. The number of halogens is 1. The van der Waals surface area contributed by atoms with Gasteiger partial charge in [-0.2, -0.15) is 5.26 Å². The van der Waals surface area contributed by atoms with Crippen molar-refractivity contribution < 1.29 is 0 Å². The molecule has 2 rings (SSSR count). The van der Waals surface area contributed by atoms with E-state index in [0.29, 0.717) is 10.6 Å². The standard InChI is InChI=1S/C14H12ClN3/c1-18(2)12-5-3-10(4-6-12)13-9-17-8-11(7-16)14(13)15/h3-6,8-9H,1-2H3. The molecular weight excluding hydrogens is 246 g/mol. The monoisotopic (exact) mass is 257 g/mol. The van der Waals surface area contributed by atoms with Crippen molar-refractivity contribution in [2.24, 2.45) is 0 Å². The van der Waals surface area contributed by atoms with E-state index in [1.165, 1.54) is 6.20 Å². The minimum absolute atomic E-state index is 0.394. The van der Waals surface area contributed by atoms with Crippen LogP contribution in [-0.4, -0.2) is 19.1 Å². The molecule has 0 bridgehead atoms. The zero-order valence-electron chi connectivity index (χ0n) is 10.2. The van der Waals surface area contributed by atoms with Gasteiger partial charge in [0.2, 0.25) is 0 Å². The number of nitrogens with zero attached hydrogens (tertiary/aromatic N) is 3. The Hall–Kier alpha value is -2.05. The van der Waals surface area contributed by atoms with Crippen molar-refractivity contribution in [3.05, 3.63) is 47.2 Å². The number of anilines is 1. The lowest BCUT2D eigenvalue weighted by Crippen LogP contribution is -2.07. The fourth-order valence-corrected chi connectivity index (χ4v) is 1.91. The Balaban J connectivity index is 2.47. The van der Waals surface area contributed by atoms with Crippen LogP contribution in [0.5, 0.6) is 0 Å². The Morgan fingerprint density at radius 1 is 1.17 bits per heavy atom. The van der Waals surface area contributed by atoms with Gasteiger partial charge in [-0.3, -0.25) is 4.98 Å². The predicted octanol–water partition coefficient (Wildman–Crippen LogP) is 3.34. The van der Waals surface area contributed by atoms with Gasteiger partial charge < -0.3 is 4.90 Å². The number of rotatable bonds is 2. The van der Waals surface area contributed by atoms with Gasteiger partial charge in [-0.25, -0.2) is 0 Å². The Morgan fingerprint density at radius 3 is 2.39 bits per heavy atom. The van der Waals surface area contributed by atoms with Crippen LogP contribution in [0.1, 0.15) is 5.56 Å². The summed E-state index contributed by atoms with van der Waals surface area (Å²) >= 11 is 6.17. The SMILES string of the molecule is CN(C)c1ccc(-c2cncc(C#N)c2Cl)cc1. The molecule has 4 heteroatoms. The van der Waals surface area contributed by atoms with E-state index in [4.69, 9.17) is 16.9 Å². The number of aromatic nitrogens is 1. The van der Waals surface area contributed by atoms with Gasteiger partial charge in [0.15, 0.2) is 0 Å². The second-order valence-corrected chi connectivity index (χ2v) is 4.48. The third kappa shape index (κ3) is 2.29. The van der Waals surface area contributed by atoms with Crippen LogP contribution in [0.25, 0.3) is 11.1 Å². The van der Waals surface area contributed by atoms with Gasteiger partial charge in [-0.05, 0) is 17.7 Å². The van der Waals surface area contributed by atoms with E-state index in [0.717, 1.165) is 16.8 Å². The Morgan fingerprint density at radius 2 is 1.83 bits per heavy atom. The lowest BCUT2D eigenvalue weighted by molar-refractivity contribution is 1.13. The summed E-state index contributed by atoms with van der Waals surface area (Å²) in [6.45, 7) is 0. The first kappa shape index (κ1) is 12.4. The van der Waals surface area contributed by atoms with E-state index in [9.17, 15) is 0 Å². The van der Waals surface area contributed by atoms with Gasteiger partial charge in [0, 0.05) is 37.7 Å². The third-order valence-corrected chi connectivity index (χ3v) is 3.10. The minimum atomic E-state index is 0.394. The number of hydrogen-bond donors (Lipinski definition) is 0. The predicted molar refractivity (Wildman–Crippen MR) is 73.7 cm³/mol. The van der Waals surface area contributed by atoms with Gasteiger partial charge in [-0.15, -0.1) is 0 Å². The van der Waals surface area contributed by atoms with Crippen LogP contribution < -0.4 is 4.90 Å². The molecular formula is C14H12ClN3. The summed E-state index contributed by atoms with van der Waals surface area (Å²) in [5.41, 5.74) is 3.24. The fourth-order valence-electron chi connectivity index (χ4n) is 1.66. The summed E-state index contributed by atoms with van der Waals surface area (Å²) in [5, 5.41) is 9.37. The molecule has 90 valence electrons. The summed E-state index contributed by atoms with van der Waals surface area (Å²) in [4.78, 5) is 6.06. The fraction of sp³-hybridized carbons (Fsp3) is 0.143. The molecule has 1 aromatic heterocycles. The zero-order valence-corrected chi connectivity index (χ0v) is 10.9. The van der Waals surface area contributed by atoms with E-state index >= 15 is 0 Å². The van der Waals surface area contributed by atoms with Gasteiger partial charge in [-0.1, -0.05) is 23.7 Å². The molecule has 0 amide bonds. The average molecular weight is 258 g/mol. The first-order valence-corrected chi connectivity index (χ1v) is 5.82. The second-order valence-electron chi connectivity index (χ2n) is 4.10. The van der Waals surface area contributed by atoms with Crippen molar-refractivity contribution in [1.29, 1.82) is 5.26 Å². The van der Waals surface area contributed by atoms with E-state index in [1.54, 1.807) is 6.20 Å². The van der Waals surface area contributed by atoms with E-state index in [1.807, 2.05) is 49.3 Å². The second kappa shape index (κ2) is 5.07. The van der Waals surface area contributed by atoms with Crippen LogP contribution in [-0.2, 0) is 0 Å². The molecule has 1 heterocycles. The van der Waals surface area contributed by atoms with Gasteiger partial charge >= 0.3 is 0 Å². The van der Waals surface area contributed by atoms with Crippen LogP contribution in [0.15, 0.2) is 36.7 Å². The third-order valence-electron chi connectivity index (χ3n) is 2.70. The summed E-state index contributed by atoms with van der Waals surface area (Å²) in [6, 6.07) is 9.98. The highest BCUT2D eigenvalue weighted by Crippen LogP contribution is 2.30. The summed E-state index contributed by atoms with van der Waals surface area (Å²) in [5.74, 6) is 0. The van der Waals surface area contributed by atoms with Crippen LogP contribution in [0.3, 0.4) is 0 Å². The van der Waals surface area contributed by atoms with Crippen LogP contribution in [0, 0.1) is 11.3 Å². The number of benzene rings is 1. The summed E-state index contributed by atoms with van der Waals surface area (Å²) in [6.07, 6.45) is 3.15. The van der Waals surface area contributed by atoms with E-state index < -0.39 is 0 Å². The molecule has 0 spiro atoms. The smallest absolute Gasteiger partial charge is 0.102 e. The Bertz CT molecular complexity index is 597. The number of hydrogen-bond acceptors (Lipinski definition) is 3. The summed E-state index contributed by atoms with van der Waals surface area (Å²) in [7, 11) is 3.97. The minimum Gasteiger partial charge on any atom is -0.378 e. The molecule has 18 heavy (non-hydrogen) atoms. The molecule has 0 aliphatic heterocycles. The quantitative estimate of drug-likeness (QED) is 0.828. The highest BCUT2D eigenvalue weighted by molar-refractivity contribution is 6.34. The highest BCUT2D eigenvalue weighted by Gasteiger charge is 2.08. The summed E-state index contributed by atoms with van der Waals surface area (Å²) < 4.78 is 0. The Kier molecular flexibility index (Phi) is 3.50. The van der Waals surface area contributed by atoms with E-state index in [-0.39, 0.29) is 0 Å². The van der Waals surface area contributed by atoms with E-state index in [2.05, 4.69) is 4.98 Å². The van der Waals surface area contributed by atoms with Crippen molar-refractivity contribution in [3.63, 3.8) is 0 Å². The van der Waals surface area contributed by atoms with Crippen LogP contribution in [0.4, 0.5) is 5.69 Å². The van der Waals surface area contributed by atoms with Crippen molar-refractivity contribution in [2.45, 2.75) is 0 Å². The van der Waals surface area contributed by atoms with Crippen molar-refractivity contribution in [1.82, 2.24) is 4.98 Å². The molecule has 0 saturated carbocycles. The normalized spacial score (nSPS) is 9.89. The van der Waals surface area contributed by atoms with Crippen molar-refractivity contribution >= 4 is 17.3 Å². The van der Waals surface area contributed by atoms with Crippen LogP contribution >= 0.6 is 11.6 Å². The molecule has 0 unspecified atom stereocenters. The number of pyridine rings is 1. The van der Waals surface area contributed by atoms with Crippen molar-refractivity contribution in [2.75, 3.05) is 19.0 Å². The molecule has 0 radical (unpaired) electrons. The topological polar surface area (TPSA) is 39.9 Å². The molecule has 0 N–H and O–H groups in total. The van der Waals surface area contributed by atoms with Gasteiger partial charge in [0.1, 0.15) is 6.07 Å². The molecule has 0 saturated heterocycles. The highest BCUT2D eigenvalue weighted by atomic mass is 35.5. The van der Waals surface area contributed by atoms with Crippen LogP contribution in [0.2, 0.25) is 5.02 Å². The largest absolute Gasteiger partial charge is 0.378 e. The lowest BCUT2D eigenvalue weighted by Gasteiger charge is -2.13. The maximum atomic E-state index is 8.93. The average Bonchev–Trinajstić information content (AvgIpc) is 2.39.